The summed E-state index contributed by atoms with van der Waals surface area (Å²) in [4.78, 5) is 7.01. The second-order valence-electron chi connectivity index (χ2n) is 9.62. The monoisotopic (exact) mass is 480 g/mol. The molecule has 1 saturated heterocycles. The van der Waals surface area contributed by atoms with Gasteiger partial charge in [0.15, 0.2) is 5.11 Å². The minimum Gasteiger partial charge on any atom is -0.351 e. The molecule has 0 bridgehead atoms. The minimum absolute atomic E-state index is 0.0223. The van der Waals surface area contributed by atoms with Gasteiger partial charge >= 0.3 is 0 Å². The van der Waals surface area contributed by atoms with Crippen molar-refractivity contribution < 1.29 is 0 Å². The number of rotatable bonds is 5. The van der Waals surface area contributed by atoms with Crippen LogP contribution in [0.25, 0.3) is 5.69 Å². The van der Waals surface area contributed by atoms with Gasteiger partial charge in [-0.25, -0.2) is 0 Å². The molecular weight excluding hydrogens is 448 g/mol. The van der Waals surface area contributed by atoms with Gasteiger partial charge in [-0.3, -0.25) is 4.98 Å². The standard InChI is InChI=1S/C30H32N4S/c1-19(2)23-14-16-25(17-15-23)34-29(28(32-30(34)35)26-13-9-10-18-31-26)27-20(3)21(4)33(22(27)5)24-11-7-6-8-12-24/h6-19,28-29H,1-5H3,(H,32,35)/t28-,29-/m1/s1. The van der Waals surface area contributed by atoms with Crippen LogP contribution in [0.2, 0.25) is 0 Å². The van der Waals surface area contributed by atoms with Crippen molar-refractivity contribution in [3.8, 4) is 5.69 Å². The van der Waals surface area contributed by atoms with Gasteiger partial charge in [0, 0.05) is 34.5 Å². The molecule has 0 unspecified atom stereocenters. The lowest BCUT2D eigenvalue weighted by molar-refractivity contribution is 0.563. The van der Waals surface area contributed by atoms with Gasteiger partial charge < -0.3 is 14.8 Å². The van der Waals surface area contributed by atoms with Gasteiger partial charge in [0.1, 0.15) is 0 Å². The fourth-order valence-electron chi connectivity index (χ4n) is 5.35. The van der Waals surface area contributed by atoms with Crippen molar-refractivity contribution >= 4 is 23.0 Å². The summed E-state index contributed by atoms with van der Waals surface area (Å²) < 4.78 is 2.36. The van der Waals surface area contributed by atoms with Gasteiger partial charge in [0.25, 0.3) is 0 Å². The predicted molar refractivity (Wildman–Crippen MR) is 148 cm³/mol. The van der Waals surface area contributed by atoms with E-state index >= 15 is 0 Å². The third-order valence-electron chi connectivity index (χ3n) is 7.25. The molecule has 0 spiro atoms. The van der Waals surface area contributed by atoms with Crippen molar-refractivity contribution in [3.05, 3.63) is 113 Å². The zero-order valence-electron chi connectivity index (χ0n) is 21.0. The number of hydrogen-bond acceptors (Lipinski definition) is 2. The van der Waals surface area contributed by atoms with Crippen molar-refractivity contribution in [2.45, 2.75) is 52.6 Å². The van der Waals surface area contributed by atoms with Crippen LogP contribution in [-0.4, -0.2) is 14.7 Å². The lowest BCUT2D eigenvalue weighted by Crippen LogP contribution is -2.29. The Bertz CT molecular complexity index is 1340. The molecule has 1 fully saturated rings. The van der Waals surface area contributed by atoms with Crippen LogP contribution in [0.15, 0.2) is 79.0 Å². The Balaban J connectivity index is 1.70. The number of nitrogens with one attached hydrogen (secondary N) is 1. The number of hydrogen-bond donors (Lipinski definition) is 1. The summed E-state index contributed by atoms with van der Waals surface area (Å²) in [6, 6.07) is 25.4. The molecule has 1 N–H and O–H groups in total. The van der Waals surface area contributed by atoms with E-state index in [0.717, 1.165) is 16.5 Å². The van der Waals surface area contributed by atoms with Gasteiger partial charge in [-0.15, -0.1) is 0 Å². The molecule has 35 heavy (non-hydrogen) atoms. The van der Waals surface area contributed by atoms with E-state index in [0.29, 0.717) is 5.92 Å². The highest BCUT2D eigenvalue weighted by Crippen LogP contribution is 2.45. The maximum Gasteiger partial charge on any atom is 0.174 e. The topological polar surface area (TPSA) is 33.1 Å². The first-order chi connectivity index (χ1) is 16.9. The first kappa shape index (κ1) is 23.3. The maximum atomic E-state index is 5.96. The summed E-state index contributed by atoms with van der Waals surface area (Å²) in [5.41, 5.74) is 9.64. The van der Waals surface area contributed by atoms with Gasteiger partial charge in [-0.1, -0.05) is 50.2 Å². The zero-order chi connectivity index (χ0) is 24.7. The average Bonchev–Trinajstić information content (AvgIpc) is 3.32. The van der Waals surface area contributed by atoms with Crippen LogP contribution in [-0.2, 0) is 0 Å². The molecular formula is C30H32N4S. The number of thiocarbonyl (C=S) groups is 1. The Kier molecular flexibility index (Phi) is 6.20. The molecule has 5 rings (SSSR count). The van der Waals surface area contributed by atoms with Crippen LogP contribution in [0.4, 0.5) is 5.69 Å². The number of anilines is 1. The van der Waals surface area contributed by atoms with E-state index < -0.39 is 0 Å². The molecule has 178 valence electrons. The van der Waals surface area contributed by atoms with Crippen molar-refractivity contribution in [1.82, 2.24) is 14.9 Å². The third kappa shape index (κ3) is 4.04. The smallest absolute Gasteiger partial charge is 0.174 e. The fraction of sp³-hybridized carbons (Fsp3) is 0.267. The molecule has 0 aliphatic carbocycles. The summed E-state index contributed by atoms with van der Waals surface area (Å²) in [6.45, 7) is 11.1. The zero-order valence-corrected chi connectivity index (χ0v) is 21.8. The number of para-hydroxylation sites is 1. The molecule has 1 aliphatic rings. The average molecular weight is 481 g/mol. The first-order valence-electron chi connectivity index (χ1n) is 12.2. The molecule has 4 nitrogen and oxygen atoms in total. The molecule has 5 heteroatoms. The van der Waals surface area contributed by atoms with Gasteiger partial charge in [-0.2, -0.15) is 0 Å². The Labute approximate surface area is 213 Å². The maximum absolute atomic E-state index is 5.96. The van der Waals surface area contributed by atoms with Crippen molar-refractivity contribution in [2.75, 3.05) is 4.90 Å². The van der Waals surface area contributed by atoms with E-state index in [1.807, 2.05) is 18.3 Å². The lowest BCUT2D eigenvalue weighted by atomic mass is 9.93. The number of benzene rings is 2. The predicted octanol–water partition coefficient (Wildman–Crippen LogP) is 7.10. The highest BCUT2D eigenvalue weighted by molar-refractivity contribution is 7.80. The summed E-state index contributed by atoms with van der Waals surface area (Å²) in [5.74, 6) is 0.483. The van der Waals surface area contributed by atoms with Gasteiger partial charge in [-0.05, 0) is 86.4 Å². The van der Waals surface area contributed by atoms with E-state index in [4.69, 9.17) is 17.2 Å². The van der Waals surface area contributed by atoms with Crippen LogP contribution in [0, 0.1) is 20.8 Å². The molecule has 3 heterocycles. The number of pyridine rings is 1. The highest BCUT2D eigenvalue weighted by Gasteiger charge is 2.43. The third-order valence-corrected chi connectivity index (χ3v) is 7.57. The van der Waals surface area contributed by atoms with Crippen LogP contribution in [0.3, 0.4) is 0 Å². The van der Waals surface area contributed by atoms with Crippen molar-refractivity contribution in [1.29, 1.82) is 0 Å². The van der Waals surface area contributed by atoms with Crippen LogP contribution < -0.4 is 10.2 Å². The second kappa shape index (κ2) is 9.31. The molecule has 2 aromatic heterocycles. The van der Waals surface area contributed by atoms with Gasteiger partial charge in [0.05, 0.1) is 17.8 Å². The van der Waals surface area contributed by atoms with E-state index in [1.165, 1.54) is 33.8 Å². The summed E-state index contributed by atoms with van der Waals surface area (Å²) in [7, 11) is 0. The minimum atomic E-state index is -0.0584. The molecule has 0 saturated carbocycles. The number of nitrogens with zero attached hydrogens (tertiary/aromatic N) is 3. The molecule has 0 amide bonds. The van der Waals surface area contributed by atoms with Crippen molar-refractivity contribution in [2.24, 2.45) is 0 Å². The van der Waals surface area contributed by atoms with E-state index in [-0.39, 0.29) is 12.1 Å². The molecule has 4 aromatic rings. The van der Waals surface area contributed by atoms with E-state index in [2.05, 4.69) is 110 Å². The lowest BCUT2D eigenvalue weighted by Gasteiger charge is -2.29. The fourth-order valence-corrected chi connectivity index (χ4v) is 5.70. The van der Waals surface area contributed by atoms with Crippen LogP contribution in [0.5, 0.6) is 0 Å². The molecule has 0 radical (unpaired) electrons. The SMILES string of the molecule is Cc1c([C@@H]2[C@@H](c3ccccn3)NC(=S)N2c2ccc(C(C)C)cc2)c(C)n(-c2ccccc2)c1C. The Morgan fingerprint density at radius 1 is 0.829 bits per heavy atom. The van der Waals surface area contributed by atoms with Crippen LogP contribution in [0.1, 0.15) is 65.6 Å². The largest absolute Gasteiger partial charge is 0.351 e. The summed E-state index contributed by atoms with van der Waals surface area (Å²) >= 11 is 5.96. The number of aromatic nitrogens is 2. The van der Waals surface area contributed by atoms with Crippen LogP contribution >= 0.6 is 12.2 Å². The van der Waals surface area contributed by atoms with Gasteiger partial charge in [0.2, 0.25) is 0 Å². The quantitative estimate of drug-likeness (QED) is 0.309. The normalized spacial score (nSPS) is 17.8. The van der Waals surface area contributed by atoms with E-state index in [9.17, 15) is 0 Å². The highest BCUT2D eigenvalue weighted by atomic mass is 32.1. The molecule has 2 atom stereocenters. The molecule has 1 aliphatic heterocycles. The molecule has 2 aromatic carbocycles. The van der Waals surface area contributed by atoms with Crippen molar-refractivity contribution in [3.63, 3.8) is 0 Å². The Morgan fingerprint density at radius 3 is 2.14 bits per heavy atom. The first-order valence-corrected chi connectivity index (χ1v) is 12.6. The Morgan fingerprint density at radius 2 is 1.51 bits per heavy atom. The van der Waals surface area contributed by atoms with E-state index in [1.54, 1.807) is 0 Å². The second-order valence-corrected chi connectivity index (χ2v) is 10.0. The summed E-state index contributed by atoms with van der Waals surface area (Å²) in [6.07, 6.45) is 1.86. The Hall–Kier alpha value is -3.44. The summed E-state index contributed by atoms with van der Waals surface area (Å²) in [5, 5.41) is 4.34.